The molecule has 1 atom stereocenters. The van der Waals surface area contributed by atoms with Crippen molar-refractivity contribution in [1.29, 1.82) is 0 Å². The zero-order valence-corrected chi connectivity index (χ0v) is 19.7. The van der Waals surface area contributed by atoms with Gasteiger partial charge in [0.1, 0.15) is 30.9 Å². The molecule has 0 aromatic heterocycles. The van der Waals surface area contributed by atoms with E-state index in [0.29, 0.717) is 11.6 Å². The van der Waals surface area contributed by atoms with E-state index in [1.807, 2.05) is 31.2 Å². The van der Waals surface area contributed by atoms with E-state index in [0.717, 1.165) is 29.5 Å². The minimum absolute atomic E-state index is 0.0708. The van der Waals surface area contributed by atoms with Crippen molar-refractivity contribution in [3.8, 4) is 0 Å². The highest BCUT2D eigenvalue weighted by molar-refractivity contribution is 8.03. The number of aliphatic hydroxyl groups is 1. The summed E-state index contributed by atoms with van der Waals surface area (Å²) in [5.41, 5.74) is 0.719. The monoisotopic (exact) mass is 492 g/mol. The van der Waals surface area contributed by atoms with E-state index in [1.165, 1.54) is 16.7 Å². The molecule has 1 N–H and O–H groups in total. The van der Waals surface area contributed by atoms with Crippen molar-refractivity contribution in [1.82, 2.24) is 4.90 Å². The lowest BCUT2D eigenvalue weighted by molar-refractivity contribution is -0.148. The first-order valence-corrected chi connectivity index (χ1v) is 11.5. The van der Waals surface area contributed by atoms with Crippen molar-refractivity contribution in [3.63, 3.8) is 0 Å². The normalized spacial score (nSPS) is 18.1. The number of para-hydroxylation sites is 1. The Bertz CT molecular complexity index is 995. The molecule has 0 bridgehead atoms. The number of nitrogens with zero attached hydrogens (tertiary/aromatic N) is 2. The maximum absolute atomic E-state index is 13.0. The summed E-state index contributed by atoms with van der Waals surface area (Å²) in [4.78, 5) is 40.5. The largest absolute Gasteiger partial charge is 0.461 e. The number of aliphatic hydroxyl groups excluding tert-OH is 1. The fraction of sp³-hybridized carbons (Fsp3) is 0.364. The number of fused-ring (bicyclic) bond motifs is 1. The third kappa shape index (κ3) is 5.92. The van der Waals surface area contributed by atoms with Gasteiger partial charge in [0, 0.05) is 17.5 Å². The van der Waals surface area contributed by atoms with Crippen molar-refractivity contribution in [2.45, 2.75) is 30.8 Å². The smallest absolute Gasteiger partial charge is 0.330 e. The lowest BCUT2D eigenvalue weighted by atomic mass is 10.3. The predicted octanol–water partition coefficient (Wildman–Crippen LogP) is 2.34. The second kappa shape index (κ2) is 11.3. The highest BCUT2D eigenvalue weighted by Crippen LogP contribution is 2.48. The molecule has 9 nitrogen and oxygen atoms in total. The van der Waals surface area contributed by atoms with Crippen LogP contribution in [0.5, 0.6) is 0 Å². The molecule has 1 amide bonds. The number of carbonyl (C=O) groups excluding carboxylic acids is 3. The Hall–Kier alpha value is -2.89. The van der Waals surface area contributed by atoms with Gasteiger partial charge in [-0.2, -0.15) is 0 Å². The molecule has 1 saturated heterocycles. The van der Waals surface area contributed by atoms with Crippen molar-refractivity contribution in [2.75, 3.05) is 31.2 Å². The van der Waals surface area contributed by atoms with Crippen LogP contribution in [0.4, 0.5) is 5.69 Å². The molecule has 0 radical (unpaired) electrons. The van der Waals surface area contributed by atoms with Crippen LogP contribution in [0, 0.1) is 0 Å². The minimum atomic E-state index is -1.18. The number of esters is 2. The molecular formula is C22H24N2O7S2. The van der Waals surface area contributed by atoms with Gasteiger partial charge in [-0.25, -0.2) is 4.79 Å². The molecule has 2 aliphatic heterocycles. The summed E-state index contributed by atoms with van der Waals surface area (Å²) in [6.45, 7) is 4.82. The van der Waals surface area contributed by atoms with E-state index in [9.17, 15) is 19.5 Å². The molecule has 0 saturated carbocycles. The molecule has 176 valence electrons. The molecule has 0 aliphatic carbocycles. The number of benzene rings is 1. The number of hydrogen-bond donors (Lipinski definition) is 1. The minimum Gasteiger partial charge on any atom is -0.461 e. The maximum Gasteiger partial charge on any atom is 0.330 e. The van der Waals surface area contributed by atoms with E-state index in [4.69, 9.17) is 26.4 Å². The molecule has 11 heteroatoms. The molecule has 1 aromatic carbocycles. The zero-order chi connectivity index (χ0) is 24.0. The summed E-state index contributed by atoms with van der Waals surface area (Å²) in [6.07, 6.45) is 1.47. The number of rotatable bonds is 10. The van der Waals surface area contributed by atoms with E-state index in [1.54, 1.807) is 4.90 Å². The van der Waals surface area contributed by atoms with Crippen molar-refractivity contribution in [2.24, 2.45) is 0 Å². The number of anilines is 1. The van der Waals surface area contributed by atoms with Crippen molar-refractivity contribution in [3.05, 3.63) is 47.7 Å². The van der Waals surface area contributed by atoms with Crippen LogP contribution in [0.25, 0.3) is 0 Å². The summed E-state index contributed by atoms with van der Waals surface area (Å²) < 4.78 is 15.5. The SMILES string of the molecule is C=CC(=O)OCC(O)COC(=O)CN1/C(=C2\OC(=S)N(CCCC)C2=O)Sc2ccccc21. The number of carbonyl (C=O) groups is 3. The van der Waals surface area contributed by atoms with E-state index >= 15 is 0 Å². The number of thiocarbonyl (C=S) groups is 1. The van der Waals surface area contributed by atoms with Crippen LogP contribution in [0.1, 0.15) is 19.8 Å². The zero-order valence-electron chi connectivity index (χ0n) is 18.0. The van der Waals surface area contributed by atoms with Gasteiger partial charge in [0.15, 0.2) is 0 Å². The number of amides is 1. The van der Waals surface area contributed by atoms with Gasteiger partial charge in [-0.05, 0) is 30.8 Å². The Labute approximate surface area is 201 Å². The van der Waals surface area contributed by atoms with Gasteiger partial charge in [-0.3, -0.25) is 14.5 Å². The van der Waals surface area contributed by atoms with E-state index in [2.05, 4.69) is 6.58 Å². The van der Waals surface area contributed by atoms with Crippen LogP contribution in [0.2, 0.25) is 0 Å². The number of hydrogen-bond acceptors (Lipinski definition) is 10. The Kier molecular flexibility index (Phi) is 8.48. The number of unbranched alkanes of at least 4 members (excludes halogenated alkanes) is 1. The van der Waals surface area contributed by atoms with Gasteiger partial charge in [0.25, 0.3) is 11.1 Å². The summed E-state index contributed by atoms with van der Waals surface area (Å²) in [6, 6.07) is 7.36. The molecule has 1 unspecified atom stereocenters. The Morgan fingerprint density at radius 3 is 2.73 bits per heavy atom. The average molecular weight is 493 g/mol. The lowest BCUT2D eigenvalue weighted by Crippen LogP contribution is -2.32. The first-order chi connectivity index (χ1) is 15.8. The second-order valence-electron chi connectivity index (χ2n) is 7.14. The van der Waals surface area contributed by atoms with Gasteiger partial charge >= 0.3 is 11.9 Å². The van der Waals surface area contributed by atoms with E-state index < -0.39 is 18.0 Å². The quantitative estimate of drug-likeness (QED) is 0.297. The Morgan fingerprint density at radius 1 is 1.27 bits per heavy atom. The molecule has 3 rings (SSSR count). The molecule has 2 heterocycles. The van der Waals surface area contributed by atoms with Gasteiger partial charge in [0.05, 0.1) is 5.69 Å². The van der Waals surface area contributed by atoms with Crippen molar-refractivity contribution >= 4 is 52.7 Å². The highest BCUT2D eigenvalue weighted by Gasteiger charge is 2.40. The van der Waals surface area contributed by atoms with Gasteiger partial charge in [0.2, 0.25) is 5.76 Å². The summed E-state index contributed by atoms with van der Waals surface area (Å²) in [5, 5.41) is 10.4. The number of ether oxygens (including phenoxy) is 3. The third-order valence-corrected chi connectivity index (χ3v) is 6.16. The standard InChI is InChI=1S/C22H24N2O7S2/c1-3-5-10-23-20(28)19(31-22(23)32)21-24(15-8-6-7-9-16(15)33-21)11-18(27)30-13-14(25)12-29-17(26)4-2/h4,6-9,14,25H,2-3,5,10-13H2,1H3/b21-19+. The fourth-order valence-electron chi connectivity index (χ4n) is 3.05. The first-order valence-electron chi connectivity index (χ1n) is 10.3. The van der Waals surface area contributed by atoms with Gasteiger partial charge in [-0.1, -0.05) is 43.8 Å². The summed E-state index contributed by atoms with van der Waals surface area (Å²) in [5.74, 6) is -1.60. The highest BCUT2D eigenvalue weighted by atomic mass is 32.2. The van der Waals surface area contributed by atoms with Crippen LogP contribution in [0.15, 0.2) is 52.6 Å². The molecule has 0 spiro atoms. The van der Waals surface area contributed by atoms with Gasteiger partial charge in [-0.15, -0.1) is 0 Å². The molecule has 33 heavy (non-hydrogen) atoms. The lowest BCUT2D eigenvalue weighted by Gasteiger charge is -2.20. The predicted molar refractivity (Wildman–Crippen MR) is 125 cm³/mol. The molecule has 2 aliphatic rings. The van der Waals surface area contributed by atoms with Crippen LogP contribution < -0.4 is 4.90 Å². The fourth-order valence-corrected chi connectivity index (χ4v) is 4.44. The molecule has 1 fully saturated rings. The van der Waals surface area contributed by atoms with E-state index in [-0.39, 0.29) is 36.6 Å². The Morgan fingerprint density at radius 2 is 2.00 bits per heavy atom. The first kappa shape index (κ1) is 24.7. The molecular weight excluding hydrogens is 468 g/mol. The average Bonchev–Trinajstić information content (AvgIpc) is 3.31. The van der Waals surface area contributed by atoms with Crippen LogP contribution in [0.3, 0.4) is 0 Å². The molecule has 1 aromatic rings. The Balaban J connectivity index is 1.73. The summed E-state index contributed by atoms with van der Waals surface area (Å²) >= 11 is 6.54. The topological polar surface area (TPSA) is 106 Å². The number of thioether (sulfide) groups is 1. The second-order valence-corrected chi connectivity index (χ2v) is 8.52. The van der Waals surface area contributed by atoms with Crippen LogP contribution in [-0.4, -0.2) is 65.4 Å². The van der Waals surface area contributed by atoms with Gasteiger partial charge < -0.3 is 24.2 Å². The maximum atomic E-state index is 13.0. The van der Waals surface area contributed by atoms with Crippen molar-refractivity contribution < 1.29 is 33.7 Å². The van der Waals surface area contributed by atoms with Crippen LogP contribution >= 0.6 is 24.0 Å². The third-order valence-electron chi connectivity index (χ3n) is 4.70. The summed E-state index contributed by atoms with van der Waals surface area (Å²) in [7, 11) is 0. The van der Waals surface area contributed by atoms with Crippen LogP contribution in [-0.2, 0) is 28.6 Å².